The summed E-state index contributed by atoms with van der Waals surface area (Å²) in [7, 11) is -3.57. The number of carbonyl (C=O) groups is 5. The molecule has 4 rings (SSSR count). The predicted octanol–water partition coefficient (Wildman–Crippen LogP) is 4.47. The Morgan fingerprint density at radius 1 is 0.902 bits per heavy atom. The average molecular weight is 734 g/mol. The van der Waals surface area contributed by atoms with Crippen LogP contribution in [-0.2, 0) is 29.0 Å². The van der Waals surface area contributed by atoms with Gasteiger partial charge in [0.05, 0.1) is 22.1 Å². The van der Waals surface area contributed by atoms with Gasteiger partial charge in [0.2, 0.25) is 17.6 Å². The second-order valence-electron chi connectivity index (χ2n) is 16.6. The zero-order valence-corrected chi connectivity index (χ0v) is 32.3. The Hall–Kier alpha value is -2.96. The standard InChI is InChI=1S/C38H63N5O7S/c1-6-23-39-33(46)30(44)28(25-27-16-14-17-27)40-32(45)29-18-15-24-43(29)34(47)31(37(5)19-10-8-11-20-37)41-35(48)42-38(21-12-9-13-22-38)26-51(49,50)36(3,4)7-2/h6,27-29,31H,1,7-26H2,2-5H3,(H,39,46)(H,40,45)(H2,41,42,48)/t28?,29-,31+/m0/s1. The van der Waals surface area contributed by atoms with E-state index in [1.165, 1.54) is 11.0 Å². The van der Waals surface area contributed by atoms with E-state index in [-0.39, 0.29) is 24.1 Å². The van der Waals surface area contributed by atoms with Gasteiger partial charge in [0, 0.05) is 13.1 Å². The van der Waals surface area contributed by atoms with E-state index in [9.17, 15) is 32.4 Å². The molecule has 13 heteroatoms. The van der Waals surface area contributed by atoms with Gasteiger partial charge >= 0.3 is 6.03 Å². The van der Waals surface area contributed by atoms with Gasteiger partial charge in [-0.05, 0) is 76.5 Å². The first-order valence-corrected chi connectivity index (χ1v) is 21.1. The zero-order valence-electron chi connectivity index (χ0n) is 31.4. The second-order valence-corrected chi connectivity index (χ2v) is 19.2. The van der Waals surface area contributed by atoms with Crippen LogP contribution in [0, 0.1) is 11.3 Å². The van der Waals surface area contributed by atoms with Gasteiger partial charge in [0.1, 0.15) is 12.1 Å². The van der Waals surface area contributed by atoms with Crippen molar-refractivity contribution in [1.29, 1.82) is 0 Å². The first-order valence-electron chi connectivity index (χ1n) is 19.4. The molecular formula is C38H63N5O7S. The summed E-state index contributed by atoms with van der Waals surface area (Å²) in [5, 5.41) is 11.5. The Morgan fingerprint density at radius 3 is 2.10 bits per heavy atom. The van der Waals surface area contributed by atoms with Crippen LogP contribution in [0.3, 0.4) is 0 Å². The van der Waals surface area contributed by atoms with Crippen molar-refractivity contribution >= 4 is 39.4 Å². The normalized spacial score (nSPS) is 23.2. The summed E-state index contributed by atoms with van der Waals surface area (Å²) in [6, 6.07) is -3.35. The first kappa shape index (κ1) is 40.8. The lowest BCUT2D eigenvalue weighted by atomic mass is 9.70. The van der Waals surface area contributed by atoms with E-state index in [0.29, 0.717) is 45.1 Å². The molecule has 1 saturated heterocycles. The molecule has 3 aliphatic carbocycles. The Kier molecular flexibility index (Phi) is 13.8. The van der Waals surface area contributed by atoms with E-state index < -0.39 is 67.3 Å². The molecule has 0 aromatic carbocycles. The molecule has 12 nitrogen and oxygen atoms in total. The number of likely N-dealkylation sites (tertiary alicyclic amines) is 1. The van der Waals surface area contributed by atoms with Crippen LogP contribution < -0.4 is 21.3 Å². The minimum Gasteiger partial charge on any atom is -0.346 e. The number of urea groups is 1. The highest BCUT2D eigenvalue weighted by Crippen LogP contribution is 2.41. The van der Waals surface area contributed by atoms with Crippen LogP contribution in [0.2, 0.25) is 0 Å². The fourth-order valence-corrected chi connectivity index (χ4v) is 10.3. The summed E-state index contributed by atoms with van der Waals surface area (Å²) >= 11 is 0. The third-order valence-corrected chi connectivity index (χ3v) is 15.4. The van der Waals surface area contributed by atoms with Crippen LogP contribution >= 0.6 is 0 Å². The minimum absolute atomic E-state index is 0.133. The Balaban J connectivity index is 1.54. The molecule has 5 amide bonds. The maximum Gasteiger partial charge on any atom is 0.315 e. The highest BCUT2D eigenvalue weighted by molar-refractivity contribution is 7.92. The lowest BCUT2D eigenvalue weighted by molar-refractivity contribution is -0.144. The highest BCUT2D eigenvalue weighted by atomic mass is 32.2. The molecule has 0 aromatic rings. The molecule has 0 radical (unpaired) electrons. The Morgan fingerprint density at radius 2 is 1.53 bits per heavy atom. The molecule has 1 aliphatic heterocycles. The molecule has 4 N–H and O–H groups in total. The molecule has 288 valence electrons. The molecule has 0 bridgehead atoms. The van der Waals surface area contributed by atoms with E-state index in [1.807, 2.05) is 13.8 Å². The molecule has 3 atom stereocenters. The maximum absolute atomic E-state index is 14.6. The molecule has 1 heterocycles. The van der Waals surface area contributed by atoms with Crippen LogP contribution in [0.15, 0.2) is 12.7 Å². The van der Waals surface area contributed by atoms with Crippen molar-refractivity contribution in [1.82, 2.24) is 26.2 Å². The quantitative estimate of drug-likeness (QED) is 0.134. The molecule has 0 aromatic heterocycles. The van der Waals surface area contributed by atoms with Crippen LogP contribution in [0.1, 0.15) is 137 Å². The molecule has 1 unspecified atom stereocenters. The number of rotatable bonds is 16. The summed E-state index contributed by atoms with van der Waals surface area (Å²) in [6.45, 7) is 11.3. The predicted molar refractivity (Wildman–Crippen MR) is 197 cm³/mol. The van der Waals surface area contributed by atoms with E-state index in [2.05, 4.69) is 27.8 Å². The number of hydrogen-bond donors (Lipinski definition) is 4. The molecule has 0 spiro atoms. The largest absolute Gasteiger partial charge is 0.346 e. The van der Waals surface area contributed by atoms with Crippen molar-refractivity contribution < 1.29 is 32.4 Å². The van der Waals surface area contributed by atoms with Gasteiger partial charge < -0.3 is 26.2 Å². The van der Waals surface area contributed by atoms with Gasteiger partial charge in [0.25, 0.3) is 5.91 Å². The van der Waals surface area contributed by atoms with E-state index >= 15 is 0 Å². The summed E-state index contributed by atoms with van der Waals surface area (Å²) < 4.78 is 26.3. The number of nitrogens with zero attached hydrogens (tertiary/aromatic N) is 1. The fraction of sp³-hybridized carbons (Fsp3) is 0.816. The van der Waals surface area contributed by atoms with E-state index in [4.69, 9.17) is 0 Å². The zero-order chi connectivity index (χ0) is 37.5. The second kappa shape index (κ2) is 17.2. The summed E-state index contributed by atoms with van der Waals surface area (Å²) in [5.74, 6) is -2.24. The van der Waals surface area contributed by atoms with Crippen molar-refractivity contribution in [3.8, 4) is 0 Å². The molecule has 4 fully saturated rings. The van der Waals surface area contributed by atoms with Gasteiger partial charge in [-0.25, -0.2) is 13.2 Å². The van der Waals surface area contributed by atoms with Crippen LogP contribution in [0.25, 0.3) is 0 Å². The van der Waals surface area contributed by atoms with Crippen molar-refractivity contribution in [2.45, 2.75) is 165 Å². The first-order chi connectivity index (χ1) is 24.1. The molecule has 51 heavy (non-hydrogen) atoms. The Bertz CT molecular complexity index is 1400. The number of carbonyl (C=O) groups excluding carboxylic acids is 5. The lowest BCUT2D eigenvalue weighted by Gasteiger charge is -2.44. The van der Waals surface area contributed by atoms with Gasteiger partial charge in [0.15, 0.2) is 9.84 Å². The van der Waals surface area contributed by atoms with Crippen LogP contribution in [0.5, 0.6) is 0 Å². The van der Waals surface area contributed by atoms with Crippen molar-refractivity contribution in [2.24, 2.45) is 11.3 Å². The fourth-order valence-electron chi connectivity index (χ4n) is 8.34. The lowest BCUT2D eigenvalue weighted by Crippen LogP contribution is -2.64. The van der Waals surface area contributed by atoms with E-state index in [0.717, 1.165) is 70.6 Å². The monoisotopic (exact) mass is 733 g/mol. The summed E-state index contributed by atoms with van der Waals surface area (Å²) in [6.07, 6.45) is 14.1. The van der Waals surface area contributed by atoms with Gasteiger partial charge in [-0.2, -0.15) is 0 Å². The summed E-state index contributed by atoms with van der Waals surface area (Å²) in [5.41, 5.74) is -1.51. The number of ketones is 1. The average Bonchev–Trinajstić information content (AvgIpc) is 3.57. The van der Waals surface area contributed by atoms with Crippen LogP contribution in [-0.4, -0.2) is 90.1 Å². The Labute approximate surface area is 305 Å². The number of sulfone groups is 1. The third kappa shape index (κ3) is 9.93. The molecule has 4 aliphatic rings. The molecule has 3 saturated carbocycles. The SMILES string of the molecule is C=CCNC(=O)C(=O)C(CC1CCC1)NC(=O)[C@@H]1CCCN1C(=O)[C@@H](NC(=O)NC1(CS(=O)(=O)C(C)(C)CC)CCCCC1)C1(C)CCCCC1. The number of amides is 5. The number of nitrogens with one attached hydrogen (secondary N) is 4. The van der Waals surface area contributed by atoms with Gasteiger partial charge in [-0.1, -0.05) is 77.7 Å². The number of Topliss-reactive ketones (excluding diaryl/α,β-unsaturated/α-hetero) is 1. The summed E-state index contributed by atoms with van der Waals surface area (Å²) in [4.78, 5) is 69.8. The third-order valence-electron chi connectivity index (χ3n) is 12.5. The number of hydrogen-bond acceptors (Lipinski definition) is 7. The van der Waals surface area contributed by atoms with Crippen molar-refractivity contribution in [3.63, 3.8) is 0 Å². The topological polar surface area (TPSA) is 171 Å². The van der Waals surface area contributed by atoms with E-state index in [1.54, 1.807) is 13.8 Å². The van der Waals surface area contributed by atoms with Crippen molar-refractivity contribution in [3.05, 3.63) is 12.7 Å². The minimum atomic E-state index is -3.57. The smallest absolute Gasteiger partial charge is 0.315 e. The van der Waals surface area contributed by atoms with Crippen molar-refractivity contribution in [2.75, 3.05) is 18.8 Å². The maximum atomic E-state index is 14.6. The molecular weight excluding hydrogens is 671 g/mol. The van der Waals surface area contributed by atoms with Crippen LogP contribution in [0.4, 0.5) is 4.79 Å². The van der Waals surface area contributed by atoms with Gasteiger partial charge in [-0.3, -0.25) is 19.2 Å². The highest BCUT2D eigenvalue weighted by Gasteiger charge is 2.48. The van der Waals surface area contributed by atoms with Gasteiger partial charge in [-0.15, -0.1) is 6.58 Å².